The van der Waals surface area contributed by atoms with E-state index >= 15 is 0 Å². The van der Waals surface area contributed by atoms with Gasteiger partial charge in [0.05, 0.1) is 27.4 Å². The molecule has 5 aromatic rings. The number of benzene rings is 4. The minimum atomic E-state index is -5.05. The van der Waals surface area contributed by atoms with Crippen molar-refractivity contribution < 1.29 is 50.8 Å². The number of nitrogens with zero attached hydrogens (tertiary/aromatic N) is 5. The first kappa shape index (κ1) is 32.3. The smallest absolute Gasteiger partial charge is 0.337 e. The van der Waals surface area contributed by atoms with Gasteiger partial charge >= 0.3 is 17.9 Å². The highest BCUT2D eigenvalue weighted by Crippen LogP contribution is 2.37. The summed E-state index contributed by atoms with van der Waals surface area (Å²) in [4.78, 5) is 33.1. The van der Waals surface area contributed by atoms with E-state index in [0.717, 1.165) is 24.3 Å². The van der Waals surface area contributed by atoms with Gasteiger partial charge in [0, 0.05) is 5.39 Å². The van der Waals surface area contributed by atoms with Crippen LogP contribution in [0.25, 0.3) is 10.8 Å². The summed E-state index contributed by atoms with van der Waals surface area (Å²) in [7, 11) is -9.96. The van der Waals surface area contributed by atoms with E-state index in [0.29, 0.717) is 0 Å². The number of aromatic nitrogens is 3. The van der Waals surface area contributed by atoms with Gasteiger partial charge in [-0.1, -0.05) is 24.3 Å². The van der Waals surface area contributed by atoms with Crippen molar-refractivity contribution in [1.82, 2.24) is 15.0 Å². The summed E-state index contributed by atoms with van der Waals surface area (Å²) in [6, 6.07) is 14.0. The molecule has 0 aliphatic heterocycles. The van der Waals surface area contributed by atoms with Crippen molar-refractivity contribution in [3.8, 4) is 6.01 Å². The average Bonchev–Trinajstić information content (AvgIpc) is 2.98. The quantitative estimate of drug-likeness (QED) is 0.0787. The first-order valence-corrected chi connectivity index (χ1v) is 15.6. The van der Waals surface area contributed by atoms with Crippen LogP contribution in [-0.4, -0.2) is 68.2 Å². The summed E-state index contributed by atoms with van der Waals surface area (Å²) >= 11 is 0. The number of para-hydroxylation sites is 1. The lowest BCUT2D eigenvalue weighted by Crippen LogP contribution is -2.07. The molecular weight excluding hydrogens is 662 g/mol. The SMILES string of the molecule is O=C(O)c1ccccc1N=Nc1cc2c(Nc3nc(O)nc(Nc4ccccc4C(=O)O)n3)cc(S(=O)(=O)O)cc2cc1S(=O)(=O)O. The van der Waals surface area contributed by atoms with Gasteiger partial charge in [-0.15, -0.1) is 10.2 Å². The van der Waals surface area contributed by atoms with E-state index in [2.05, 4.69) is 35.8 Å². The van der Waals surface area contributed by atoms with Crippen molar-refractivity contribution in [2.45, 2.75) is 9.79 Å². The van der Waals surface area contributed by atoms with Crippen molar-refractivity contribution in [2.75, 3.05) is 10.6 Å². The minimum absolute atomic E-state index is 0.00379. The van der Waals surface area contributed by atoms with E-state index in [4.69, 9.17) is 0 Å². The van der Waals surface area contributed by atoms with Crippen LogP contribution in [-0.2, 0) is 20.2 Å². The van der Waals surface area contributed by atoms with Gasteiger partial charge in [-0.05, 0) is 53.9 Å². The highest BCUT2D eigenvalue weighted by Gasteiger charge is 2.22. The fourth-order valence-corrected chi connectivity index (χ4v) is 5.42. The van der Waals surface area contributed by atoms with Crippen molar-refractivity contribution in [2.24, 2.45) is 10.2 Å². The van der Waals surface area contributed by atoms with Crippen LogP contribution >= 0.6 is 0 Å². The van der Waals surface area contributed by atoms with E-state index < -0.39 is 59.6 Å². The molecule has 7 N–H and O–H groups in total. The Hall–Kier alpha value is -6.09. The zero-order valence-electron chi connectivity index (χ0n) is 23.2. The maximum absolute atomic E-state index is 12.3. The van der Waals surface area contributed by atoms with Crippen LogP contribution < -0.4 is 10.6 Å². The number of hydrogen-bond donors (Lipinski definition) is 7. The van der Waals surface area contributed by atoms with Crippen molar-refractivity contribution in [1.29, 1.82) is 0 Å². The van der Waals surface area contributed by atoms with Gasteiger partial charge < -0.3 is 26.0 Å². The molecule has 0 spiro atoms. The molecule has 0 saturated carbocycles. The summed E-state index contributed by atoms with van der Waals surface area (Å²) < 4.78 is 68.6. The number of carboxylic acid groups (broad SMARTS) is 2. The van der Waals surface area contributed by atoms with Crippen LogP contribution in [0.2, 0.25) is 0 Å². The van der Waals surface area contributed by atoms with E-state index in [9.17, 15) is 50.8 Å². The number of rotatable bonds is 10. The highest BCUT2D eigenvalue weighted by molar-refractivity contribution is 7.86. The maximum Gasteiger partial charge on any atom is 0.337 e. The lowest BCUT2D eigenvalue weighted by atomic mass is 10.1. The standard InChI is InChI=1S/C27H19N7O11S2/c35-23(36)15-5-1-3-7-18(15)28-25-30-26(32-27(39)31-25)29-20-11-14(46(40,41)42)9-13-10-22(47(43,44)45)21(12-17(13)20)34-33-19-8-4-2-6-16(19)24(37)38/h1-12H,(H,35,36)(H,37,38)(H,40,41,42)(H,43,44,45)(H3,28,29,30,31,32,39). The van der Waals surface area contributed by atoms with E-state index in [1.807, 2.05) is 0 Å². The lowest BCUT2D eigenvalue weighted by Gasteiger charge is -2.14. The Morgan fingerprint density at radius 2 is 1.23 bits per heavy atom. The van der Waals surface area contributed by atoms with Crippen molar-refractivity contribution in [3.63, 3.8) is 0 Å². The van der Waals surface area contributed by atoms with Crippen LogP contribution in [0.4, 0.5) is 34.6 Å². The second-order valence-electron chi connectivity index (χ2n) is 9.37. The third-order valence-corrected chi connectivity index (χ3v) is 7.97. The van der Waals surface area contributed by atoms with Crippen LogP contribution in [0.5, 0.6) is 6.01 Å². The topological polar surface area (TPSA) is 291 Å². The Bertz CT molecular complexity index is 2350. The molecule has 0 aliphatic carbocycles. The van der Waals surface area contributed by atoms with Gasteiger partial charge in [0.15, 0.2) is 0 Å². The Kier molecular flexibility index (Phi) is 8.50. The van der Waals surface area contributed by atoms with Crippen molar-refractivity contribution in [3.05, 3.63) is 83.9 Å². The Balaban J connectivity index is 1.67. The summed E-state index contributed by atoms with van der Waals surface area (Å²) in [5.74, 6) is -3.40. The van der Waals surface area contributed by atoms with Gasteiger partial charge in [0.2, 0.25) is 11.9 Å². The minimum Gasteiger partial charge on any atom is -0.479 e. The molecule has 20 heteroatoms. The zero-order chi connectivity index (χ0) is 34.1. The first-order valence-electron chi connectivity index (χ1n) is 12.7. The lowest BCUT2D eigenvalue weighted by molar-refractivity contribution is 0.0687. The predicted octanol–water partition coefficient (Wildman–Crippen LogP) is 4.52. The number of hydrogen-bond acceptors (Lipinski definition) is 14. The summed E-state index contributed by atoms with van der Waals surface area (Å²) in [5.41, 5.74) is -1.25. The Labute approximate surface area is 263 Å². The number of carbonyl (C=O) groups is 2. The molecule has 4 aromatic carbocycles. The van der Waals surface area contributed by atoms with Gasteiger partial charge in [0.25, 0.3) is 20.2 Å². The second-order valence-corrected chi connectivity index (χ2v) is 12.2. The molecule has 1 aromatic heterocycles. The number of nitrogens with one attached hydrogen (secondary N) is 2. The highest BCUT2D eigenvalue weighted by atomic mass is 32.2. The summed E-state index contributed by atoms with van der Waals surface area (Å²) in [5, 5.41) is 41.8. The molecule has 0 amide bonds. The molecule has 0 radical (unpaired) electrons. The molecule has 0 atom stereocenters. The molecule has 47 heavy (non-hydrogen) atoms. The molecule has 0 bridgehead atoms. The fraction of sp³-hybridized carbons (Fsp3) is 0. The molecule has 0 aliphatic rings. The molecule has 0 fully saturated rings. The normalized spacial score (nSPS) is 11.9. The fourth-order valence-electron chi connectivity index (χ4n) is 4.23. The second kappa shape index (κ2) is 12.4. The van der Waals surface area contributed by atoms with Gasteiger partial charge in [-0.3, -0.25) is 9.11 Å². The molecular formula is C27H19N7O11S2. The van der Waals surface area contributed by atoms with Gasteiger partial charge in [0.1, 0.15) is 16.3 Å². The largest absolute Gasteiger partial charge is 0.479 e. The number of carboxylic acids is 2. The molecule has 1 heterocycles. The molecule has 5 rings (SSSR count). The molecule has 240 valence electrons. The van der Waals surface area contributed by atoms with E-state index in [1.165, 1.54) is 48.5 Å². The average molecular weight is 682 g/mol. The summed E-state index contributed by atoms with van der Waals surface area (Å²) in [6.07, 6.45) is 0. The number of azo groups is 1. The van der Waals surface area contributed by atoms with Gasteiger partial charge in [-0.25, -0.2) is 9.59 Å². The summed E-state index contributed by atoms with van der Waals surface area (Å²) in [6.45, 7) is 0. The third-order valence-electron chi connectivity index (χ3n) is 6.26. The van der Waals surface area contributed by atoms with E-state index in [1.54, 1.807) is 0 Å². The monoisotopic (exact) mass is 681 g/mol. The van der Waals surface area contributed by atoms with Crippen LogP contribution in [0.3, 0.4) is 0 Å². The van der Waals surface area contributed by atoms with Crippen molar-refractivity contribution >= 4 is 77.6 Å². The van der Waals surface area contributed by atoms with Crippen LogP contribution in [0.1, 0.15) is 20.7 Å². The molecule has 0 unspecified atom stereocenters. The predicted molar refractivity (Wildman–Crippen MR) is 163 cm³/mol. The maximum atomic E-state index is 12.3. The first-order chi connectivity index (χ1) is 22.1. The van der Waals surface area contributed by atoms with E-state index in [-0.39, 0.29) is 44.9 Å². The Morgan fingerprint density at radius 1 is 0.660 bits per heavy atom. The van der Waals surface area contributed by atoms with Gasteiger partial charge in [-0.2, -0.15) is 31.8 Å². The number of fused-ring (bicyclic) bond motifs is 1. The zero-order valence-corrected chi connectivity index (χ0v) is 24.8. The molecule has 0 saturated heterocycles. The van der Waals surface area contributed by atoms with Crippen LogP contribution in [0.15, 0.2) is 92.8 Å². The Morgan fingerprint density at radius 3 is 1.85 bits per heavy atom. The third kappa shape index (κ3) is 7.26. The number of anilines is 4. The number of aromatic carboxylic acids is 2. The number of aromatic hydroxyl groups is 1. The molecule has 18 nitrogen and oxygen atoms in total. The van der Waals surface area contributed by atoms with Crippen LogP contribution in [0, 0.1) is 0 Å².